The van der Waals surface area contributed by atoms with Gasteiger partial charge in [0.15, 0.2) is 17.3 Å². The molecule has 3 rings (SSSR count). The van der Waals surface area contributed by atoms with Gasteiger partial charge in [0.25, 0.3) is 5.69 Å². The van der Waals surface area contributed by atoms with E-state index in [4.69, 9.17) is 0 Å². The lowest BCUT2D eigenvalue weighted by molar-refractivity contribution is -0.384. The zero-order valence-corrected chi connectivity index (χ0v) is 13.2. The van der Waals surface area contributed by atoms with E-state index in [1.807, 2.05) is 0 Å². The fourth-order valence-corrected chi connectivity index (χ4v) is 2.77. The first-order chi connectivity index (χ1) is 11.9. The van der Waals surface area contributed by atoms with E-state index in [0.717, 1.165) is 11.3 Å². The number of aromatic hydroxyl groups is 2. The highest BCUT2D eigenvalue weighted by Crippen LogP contribution is 2.29. The number of nitro groups is 1. The summed E-state index contributed by atoms with van der Waals surface area (Å²) in [5, 5.41) is 32.7. The number of nitrogens with zero attached hydrogens (tertiary/aromatic N) is 1. The van der Waals surface area contributed by atoms with E-state index in [0.29, 0.717) is 18.5 Å². The monoisotopic (exact) mass is 340 g/mol. The maximum Gasteiger partial charge on any atom is 0.269 e. The molecule has 0 bridgehead atoms. The molecule has 1 atom stereocenters. The SMILES string of the molecule is O=C(C=Cc1ccc(O)c(O)c1)C1CNc2ccc([N+](=O)[O-])cc2C1. The molecular formula is C18H16N2O5. The fraction of sp³-hybridized carbons (Fsp3) is 0.167. The molecule has 0 spiro atoms. The van der Waals surface area contributed by atoms with Gasteiger partial charge in [-0.2, -0.15) is 0 Å². The largest absolute Gasteiger partial charge is 0.504 e. The lowest BCUT2D eigenvalue weighted by atomic mass is 9.90. The van der Waals surface area contributed by atoms with E-state index in [2.05, 4.69) is 5.32 Å². The van der Waals surface area contributed by atoms with Gasteiger partial charge in [-0.1, -0.05) is 12.1 Å². The number of phenolic OH excluding ortho intramolecular Hbond substituents is 2. The summed E-state index contributed by atoms with van der Waals surface area (Å²) in [4.78, 5) is 22.8. The van der Waals surface area contributed by atoms with Crippen molar-refractivity contribution in [3.05, 3.63) is 63.7 Å². The summed E-state index contributed by atoms with van der Waals surface area (Å²) in [6.45, 7) is 0.453. The molecule has 0 saturated carbocycles. The minimum atomic E-state index is -0.455. The van der Waals surface area contributed by atoms with E-state index >= 15 is 0 Å². The molecule has 7 nitrogen and oxygen atoms in total. The lowest BCUT2D eigenvalue weighted by Gasteiger charge is -2.24. The molecule has 2 aromatic carbocycles. The van der Waals surface area contributed by atoms with Crippen molar-refractivity contribution in [1.29, 1.82) is 0 Å². The van der Waals surface area contributed by atoms with Crippen LogP contribution >= 0.6 is 0 Å². The third-order valence-corrected chi connectivity index (χ3v) is 4.15. The molecule has 0 radical (unpaired) electrons. The summed E-state index contributed by atoms with van der Waals surface area (Å²) < 4.78 is 0. The van der Waals surface area contributed by atoms with Crippen molar-refractivity contribution in [2.45, 2.75) is 6.42 Å². The Bertz CT molecular complexity index is 876. The summed E-state index contributed by atoms with van der Waals surface area (Å²) in [6.07, 6.45) is 3.40. The number of phenols is 2. The van der Waals surface area contributed by atoms with Crippen LogP contribution in [0.15, 0.2) is 42.5 Å². The Morgan fingerprint density at radius 2 is 2.00 bits per heavy atom. The molecule has 0 aromatic heterocycles. The number of carbonyl (C=O) groups excluding carboxylic acids is 1. The van der Waals surface area contributed by atoms with E-state index in [1.165, 1.54) is 30.3 Å². The van der Waals surface area contributed by atoms with Crippen molar-refractivity contribution in [3.8, 4) is 11.5 Å². The second-order valence-electron chi connectivity index (χ2n) is 5.86. The molecule has 3 N–H and O–H groups in total. The summed E-state index contributed by atoms with van der Waals surface area (Å²) in [5.74, 6) is -0.915. The van der Waals surface area contributed by atoms with Crippen molar-refractivity contribution < 1.29 is 19.9 Å². The third-order valence-electron chi connectivity index (χ3n) is 4.15. The molecule has 1 unspecified atom stereocenters. The van der Waals surface area contributed by atoms with Crippen molar-refractivity contribution in [2.24, 2.45) is 5.92 Å². The first-order valence-electron chi connectivity index (χ1n) is 7.69. The Balaban J connectivity index is 1.73. The highest BCUT2D eigenvalue weighted by Gasteiger charge is 2.24. The number of non-ortho nitro benzene ring substituents is 1. The van der Waals surface area contributed by atoms with Crippen molar-refractivity contribution >= 4 is 23.2 Å². The number of fused-ring (bicyclic) bond motifs is 1. The van der Waals surface area contributed by atoms with Crippen LogP contribution < -0.4 is 5.32 Å². The number of allylic oxidation sites excluding steroid dienone is 1. The van der Waals surface area contributed by atoms with Crippen LogP contribution in [-0.2, 0) is 11.2 Å². The summed E-state index contributed by atoms with van der Waals surface area (Å²) in [7, 11) is 0. The summed E-state index contributed by atoms with van der Waals surface area (Å²) in [5.41, 5.74) is 2.14. The van der Waals surface area contributed by atoms with E-state index in [-0.39, 0.29) is 28.9 Å². The Morgan fingerprint density at radius 1 is 1.20 bits per heavy atom. The van der Waals surface area contributed by atoms with E-state index in [1.54, 1.807) is 18.2 Å². The zero-order chi connectivity index (χ0) is 18.0. The average molecular weight is 340 g/mol. The van der Waals surface area contributed by atoms with E-state index in [9.17, 15) is 25.1 Å². The smallest absolute Gasteiger partial charge is 0.269 e. The predicted octanol–water partition coefficient (Wildman–Crippen LogP) is 2.87. The molecule has 1 heterocycles. The standard InChI is InChI=1S/C18H16N2O5/c21-16(5-1-11-2-6-17(22)18(23)7-11)13-8-12-9-14(20(24)25)3-4-15(12)19-10-13/h1-7,9,13,19,22-23H,8,10H2. The number of benzene rings is 2. The molecule has 1 aliphatic heterocycles. The second-order valence-corrected chi connectivity index (χ2v) is 5.86. The van der Waals surface area contributed by atoms with Gasteiger partial charge in [0, 0.05) is 30.3 Å². The van der Waals surface area contributed by atoms with Gasteiger partial charge in [-0.3, -0.25) is 14.9 Å². The quantitative estimate of drug-likeness (QED) is 0.341. The van der Waals surface area contributed by atoms with Crippen molar-refractivity contribution in [2.75, 3.05) is 11.9 Å². The third kappa shape index (κ3) is 3.60. The lowest BCUT2D eigenvalue weighted by Crippen LogP contribution is -2.28. The number of ketones is 1. The highest BCUT2D eigenvalue weighted by atomic mass is 16.6. The van der Waals surface area contributed by atoms with Gasteiger partial charge < -0.3 is 15.5 Å². The molecule has 0 amide bonds. The molecule has 7 heteroatoms. The van der Waals surface area contributed by atoms with Crippen molar-refractivity contribution in [3.63, 3.8) is 0 Å². The fourth-order valence-electron chi connectivity index (χ4n) is 2.77. The molecule has 0 aliphatic carbocycles. The van der Waals surface area contributed by atoms with Gasteiger partial charge in [0.1, 0.15) is 0 Å². The predicted molar refractivity (Wildman–Crippen MR) is 92.6 cm³/mol. The van der Waals surface area contributed by atoms with Crippen LogP contribution in [0.5, 0.6) is 11.5 Å². The molecule has 1 aliphatic rings. The van der Waals surface area contributed by atoms with Crippen molar-refractivity contribution in [1.82, 2.24) is 0 Å². The highest BCUT2D eigenvalue weighted by molar-refractivity contribution is 5.96. The minimum absolute atomic E-state index is 0.00348. The molecule has 0 fully saturated rings. The number of hydrogen-bond donors (Lipinski definition) is 3. The Kier molecular flexibility index (Phi) is 4.38. The molecule has 2 aromatic rings. The van der Waals surface area contributed by atoms with Gasteiger partial charge in [-0.15, -0.1) is 0 Å². The van der Waals surface area contributed by atoms with Gasteiger partial charge >= 0.3 is 0 Å². The van der Waals surface area contributed by atoms with Crippen LogP contribution in [0.3, 0.4) is 0 Å². The molecule has 128 valence electrons. The van der Waals surface area contributed by atoms with Gasteiger partial charge in [-0.25, -0.2) is 0 Å². The second kappa shape index (κ2) is 6.64. The number of nitro benzene ring substituents is 1. The zero-order valence-electron chi connectivity index (χ0n) is 13.2. The van der Waals surface area contributed by atoms with Crippen LogP contribution in [0.25, 0.3) is 6.08 Å². The molecule has 25 heavy (non-hydrogen) atoms. The maximum absolute atomic E-state index is 12.4. The Hall–Kier alpha value is -3.35. The molecule has 0 saturated heterocycles. The normalized spacial score (nSPS) is 16.2. The topological polar surface area (TPSA) is 113 Å². The average Bonchev–Trinajstić information content (AvgIpc) is 2.61. The maximum atomic E-state index is 12.4. The Morgan fingerprint density at radius 3 is 2.72 bits per heavy atom. The van der Waals surface area contributed by atoms with Crippen LogP contribution in [0.2, 0.25) is 0 Å². The minimum Gasteiger partial charge on any atom is -0.504 e. The van der Waals surface area contributed by atoms with E-state index < -0.39 is 4.92 Å². The van der Waals surface area contributed by atoms with Gasteiger partial charge in [-0.05, 0) is 41.8 Å². The van der Waals surface area contributed by atoms with Crippen LogP contribution in [0.1, 0.15) is 11.1 Å². The van der Waals surface area contributed by atoms with Gasteiger partial charge in [0.05, 0.1) is 4.92 Å². The molecular weight excluding hydrogens is 324 g/mol. The Labute approximate surface area is 143 Å². The number of nitrogens with one attached hydrogen (secondary N) is 1. The van der Waals surface area contributed by atoms with Crippen LogP contribution in [-0.4, -0.2) is 27.5 Å². The van der Waals surface area contributed by atoms with Crippen LogP contribution in [0, 0.1) is 16.0 Å². The summed E-state index contributed by atoms with van der Waals surface area (Å²) in [6, 6.07) is 8.86. The summed E-state index contributed by atoms with van der Waals surface area (Å²) >= 11 is 0. The number of rotatable bonds is 4. The van der Waals surface area contributed by atoms with Crippen LogP contribution in [0.4, 0.5) is 11.4 Å². The number of carbonyl (C=O) groups is 1. The van der Waals surface area contributed by atoms with Gasteiger partial charge in [0.2, 0.25) is 0 Å². The first-order valence-corrected chi connectivity index (χ1v) is 7.69. The number of hydrogen-bond acceptors (Lipinski definition) is 6. The number of anilines is 1. The first kappa shape index (κ1) is 16.5.